The van der Waals surface area contributed by atoms with Gasteiger partial charge in [-0.15, -0.1) is 5.53 Å². The van der Waals surface area contributed by atoms with E-state index in [-0.39, 0.29) is 0 Å². The Balaban J connectivity index is 2.13. The first-order chi connectivity index (χ1) is 7.38. The SMILES string of the molecule is O=CN1C=C2c3cccnc3C=CN2N1. The van der Waals surface area contributed by atoms with E-state index in [0.29, 0.717) is 0 Å². The number of carbonyl (C=O) groups excluding carboxylic acids is 1. The van der Waals surface area contributed by atoms with E-state index >= 15 is 0 Å². The minimum atomic E-state index is 0.717. The Kier molecular flexibility index (Phi) is 1.60. The molecule has 3 rings (SSSR count). The van der Waals surface area contributed by atoms with Crippen molar-refractivity contribution in [1.29, 1.82) is 0 Å². The van der Waals surface area contributed by atoms with Crippen LogP contribution in [-0.4, -0.2) is 21.4 Å². The standard InChI is InChI=1S/C10H8N4O/c15-7-13-6-10-8-2-1-4-11-9(8)3-5-14(10)12-13/h1-7,12H. The first-order valence-corrected chi connectivity index (χ1v) is 4.53. The molecule has 0 atom stereocenters. The van der Waals surface area contributed by atoms with Gasteiger partial charge in [0.1, 0.15) is 0 Å². The van der Waals surface area contributed by atoms with Crippen molar-refractivity contribution in [3.8, 4) is 0 Å². The molecule has 0 fully saturated rings. The van der Waals surface area contributed by atoms with Crippen LogP contribution in [-0.2, 0) is 4.79 Å². The molecule has 0 aromatic carbocycles. The maximum absolute atomic E-state index is 10.6. The van der Waals surface area contributed by atoms with Gasteiger partial charge in [0.05, 0.1) is 17.6 Å². The highest BCUT2D eigenvalue weighted by Crippen LogP contribution is 2.29. The summed E-state index contributed by atoms with van der Waals surface area (Å²) >= 11 is 0. The van der Waals surface area contributed by atoms with Crippen LogP contribution in [0.2, 0.25) is 0 Å². The summed E-state index contributed by atoms with van der Waals surface area (Å²) in [6.07, 6.45) is 7.93. The summed E-state index contributed by atoms with van der Waals surface area (Å²) in [5.41, 5.74) is 5.72. The molecule has 3 heterocycles. The van der Waals surface area contributed by atoms with Gasteiger partial charge in [0.2, 0.25) is 6.41 Å². The van der Waals surface area contributed by atoms with Crippen molar-refractivity contribution in [2.75, 3.05) is 0 Å². The second-order valence-corrected chi connectivity index (χ2v) is 3.25. The molecule has 0 saturated carbocycles. The fraction of sp³-hybridized carbons (Fsp3) is 0. The number of nitrogens with one attached hydrogen (secondary N) is 1. The van der Waals surface area contributed by atoms with Gasteiger partial charge in [0.25, 0.3) is 0 Å². The van der Waals surface area contributed by atoms with E-state index in [1.54, 1.807) is 17.4 Å². The number of amides is 1. The van der Waals surface area contributed by atoms with Crippen LogP contribution in [0.15, 0.2) is 30.7 Å². The maximum Gasteiger partial charge on any atom is 0.229 e. The van der Waals surface area contributed by atoms with Crippen LogP contribution in [0.1, 0.15) is 11.3 Å². The second-order valence-electron chi connectivity index (χ2n) is 3.25. The molecule has 1 N–H and O–H groups in total. The third-order valence-electron chi connectivity index (χ3n) is 2.35. The molecule has 0 saturated heterocycles. The van der Waals surface area contributed by atoms with Crippen molar-refractivity contribution in [2.45, 2.75) is 0 Å². The number of hydrogen-bond acceptors (Lipinski definition) is 4. The largest absolute Gasteiger partial charge is 0.277 e. The summed E-state index contributed by atoms with van der Waals surface area (Å²) in [7, 11) is 0. The Labute approximate surface area is 86.3 Å². The summed E-state index contributed by atoms with van der Waals surface area (Å²) in [5.74, 6) is 0. The molecule has 1 aromatic heterocycles. The zero-order valence-electron chi connectivity index (χ0n) is 7.79. The van der Waals surface area contributed by atoms with Gasteiger partial charge in [0, 0.05) is 18.0 Å². The van der Waals surface area contributed by atoms with Crippen molar-refractivity contribution >= 4 is 18.2 Å². The minimum absolute atomic E-state index is 0.717. The summed E-state index contributed by atoms with van der Waals surface area (Å²) < 4.78 is 0. The van der Waals surface area contributed by atoms with Crippen LogP contribution in [0, 0.1) is 0 Å². The third kappa shape index (κ3) is 1.14. The lowest BCUT2D eigenvalue weighted by Gasteiger charge is -2.22. The monoisotopic (exact) mass is 200 g/mol. The van der Waals surface area contributed by atoms with Gasteiger partial charge in [-0.2, -0.15) is 0 Å². The predicted octanol–water partition coefficient (Wildman–Crippen LogP) is 0.558. The summed E-state index contributed by atoms with van der Waals surface area (Å²) in [4.78, 5) is 14.9. The number of hydrazine groups is 2. The smallest absolute Gasteiger partial charge is 0.229 e. The molecule has 5 heteroatoms. The molecule has 5 nitrogen and oxygen atoms in total. The van der Waals surface area contributed by atoms with E-state index in [1.807, 2.05) is 24.4 Å². The zero-order valence-corrected chi connectivity index (χ0v) is 7.79. The van der Waals surface area contributed by atoms with Gasteiger partial charge in [-0.1, -0.05) is 0 Å². The lowest BCUT2D eigenvalue weighted by molar-refractivity contribution is -0.119. The Morgan fingerprint density at radius 1 is 1.47 bits per heavy atom. The third-order valence-corrected chi connectivity index (χ3v) is 2.35. The van der Waals surface area contributed by atoms with Crippen molar-refractivity contribution in [3.05, 3.63) is 42.0 Å². The minimum Gasteiger partial charge on any atom is -0.277 e. The number of fused-ring (bicyclic) bond motifs is 3. The van der Waals surface area contributed by atoms with Gasteiger partial charge in [-0.05, 0) is 18.2 Å². The highest BCUT2D eigenvalue weighted by molar-refractivity contribution is 5.77. The topological polar surface area (TPSA) is 48.5 Å². The molecule has 0 aliphatic carbocycles. The van der Waals surface area contributed by atoms with Crippen LogP contribution < -0.4 is 5.53 Å². The van der Waals surface area contributed by atoms with Crippen molar-refractivity contribution in [3.63, 3.8) is 0 Å². The average Bonchev–Trinajstić information content (AvgIpc) is 2.72. The Hall–Kier alpha value is -2.14. The quantitative estimate of drug-likeness (QED) is 0.673. The van der Waals surface area contributed by atoms with Gasteiger partial charge in [-0.3, -0.25) is 14.8 Å². The van der Waals surface area contributed by atoms with Crippen LogP contribution in [0.4, 0.5) is 0 Å². The molecule has 15 heavy (non-hydrogen) atoms. The highest BCUT2D eigenvalue weighted by Gasteiger charge is 2.24. The summed E-state index contributed by atoms with van der Waals surface area (Å²) in [5, 5.41) is 3.14. The first-order valence-electron chi connectivity index (χ1n) is 4.53. The Morgan fingerprint density at radius 2 is 2.40 bits per heavy atom. The fourth-order valence-corrected chi connectivity index (χ4v) is 1.68. The van der Waals surface area contributed by atoms with Crippen molar-refractivity contribution < 1.29 is 4.79 Å². The van der Waals surface area contributed by atoms with Crippen LogP contribution in [0.5, 0.6) is 0 Å². The molecule has 0 spiro atoms. The van der Waals surface area contributed by atoms with E-state index in [2.05, 4.69) is 10.5 Å². The molecular formula is C10H8N4O. The Morgan fingerprint density at radius 3 is 3.27 bits per heavy atom. The number of carbonyl (C=O) groups is 1. The number of pyridine rings is 1. The van der Waals surface area contributed by atoms with E-state index in [4.69, 9.17) is 0 Å². The number of rotatable bonds is 1. The zero-order chi connectivity index (χ0) is 10.3. The van der Waals surface area contributed by atoms with Crippen molar-refractivity contribution in [2.24, 2.45) is 0 Å². The first kappa shape index (κ1) is 8.19. The molecular weight excluding hydrogens is 192 g/mol. The van der Waals surface area contributed by atoms with Gasteiger partial charge in [-0.25, -0.2) is 5.01 Å². The molecule has 0 bridgehead atoms. The molecule has 1 aromatic rings. The summed E-state index contributed by atoms with van der Waals surface area (Å²) in [6.45, 7) is 0. The molecule has 2 aliphatic rings. The summed E-state index contributed by atoms with van der Waals surface area (Å²) in [6, 6.07) is 3.85. The predicted molar refractivity (Wildman–Crippen MR) is 54.1 cm³/mol. The highest BCUT2D eigenvalue weighted by atomic mass is 16.2. The molecule has 0 radical (unpaired) electrons. The van der Waals surface area contributed by atoms with Gasteiger partial charge in [0.15, 0.2) is 0 Å². The van der Waals surface area contributed by atoms with Crippen molar-refractivity contribution in [1.82, 2.24) is 20.5 Å². The van der Waals surface area contributed by atoms with Crippen LogP contribution >= 0.6 is 0 Å². The average molecular weight is 200 g/mol. The molecule has 1 amide bonds. The van der Waals surface area contributed by atoms with Gasteiger partial charge < -0.3 is 0 Å². The fourth-order valence-electron chi connectivity index (χ4n) is 1.68. The lowest BCUT2D eigenvalue weighted by Crippen LogP contribution is -2.36. The molecule has 2 aliphatic heterocycles. The normalized spacial score (nSPS) is 17.2. The van der Waals surface area contributed by atoms with E-state index in [9.17, 15) is 4.79 Å². The molecule has 74 valence electrons. The second kappa shape index (κ2) is 2.93. The van der Waals surface area contributed by atoms with Crippen LogP contribution in [0.3, 0.4) is 0 Å². The van der Waals surface area contributed by atoms with E-state index in [1.165, 1.54) is 5.01 Å². The Bertz CT molecular complexity index is 480. The van der Waals surface area contributed by atoms with Crippen LogP contribution in [0.25, 0.3) is 11.8 Å². The maximum atomic E-state index is 10.6. The van der Waals surface area contributed by atoms with Gasteiger partial charge >= 0.3 is 0 Å². The number of nitrogens with zero attached hydrogens (tertiary/aromatic N) is 3. The molecule has 0 unspecified atom stereocenters. The number of hydrogen-bond donors (Lipinski definition) is 1. The number of aromatic nitrogens is 1. The van der Waals surface area contributed by atoms with E-state index < -0.39 is 0 Å². The van der Waals surface area contributed by atoms with E-state index in [0.717, 1.165) is 23.4 Å². The lowest BCUT2D eigenvalue weighted by atomic mass is 10.1.